The van der Waals surface area contributed by atoms with Gasteiger partial charge >= 0.3 is 5.97 Å². The Kier molecular flexibility index (Phi) is 3.70. The fourth-order valence-electron chi connectivity index (χ4n) is 3.04. The monoisotopic (exact) mass is 242 g/mol. The first-order valence-electron chi connectivity index (χ1n) is 6.34. The highest BCUT2D eigenvalue weighted by Gasteiger charge is 2.44. The van der Waals surface area contributed by atoms with Crippen molar-refractivity contribution in [2.45, 2.75) is 49.8 Å². The van der Waals surface area contributed by atoms with Gasteiger partial charge < -0.3 is 15.6 Å². The topological polar surface area (TPSA) is 75.8 Å². The van der Waals surface area contributed by atoms with Crippen molar-refractivity contribution in [1.82, 2.24) is 4.90 Å². The van der Waals surface area contributed by atoms with E-state index < -0.39 is 11.5 Å². The summed E-state index contributed by atoms with van der Waals surface area (Å²) in [7, 11) is 1.74. The summed E-state index contributed by atoms with van der Waals surface area (Å²) in [6, 6.07) is 0.314. The van der Waals surface area contributed by atoms with Gasteiger partial charge in [0.25, 0.3) is 0 Å². The molecule has 3 unspecified atom stereocenters. The minimum Gasteiger partial charge on any atom is -0.480 e. The molecule has 0 aromatic rings. The molecule has 1 heterocycles. The van der Waals surface area contributed by atoms with Gasteiger partial charge in [-0.25, -0.2) is 0 Å². The van der Waals surface area contributed by atoms with Crippen LogP contribution >= 0.6 is 0 Å². The SMILES string of the molecule is COC1CCCN(C2CCC(N)(C(=O)O)C2)C1. The van der Waals surface area contributed by atoms with Crippen molar-refractivity contribution < 1.29 is 14.6 Å². The number of carbonyl (C=O) groups is 1. The molecule has 0 bridgehead atoms. The Balaban J connectivity index is 1.94. The van der Waals surface area contributed by atoms with E-state index in [4.69, 9.17) is 15.6 Å². The molecule has 1 aliphatic carbocycles. The second-order valence-electron chi connectivity index (χ2n) is 5.35. The fourth-order valence-corrected chi connectivity index (χ4v) is 3.04. The molecule has 5 heteroatoms. The van der Waals surface area contributed by atoms with Crippen molar-refractivity contribution in [3.05, 3.63) is 0 Å². The minimum atomic E-state index is -1.01. The Morgan fingerprint density at radius 1 is 1.53 bits per heavy atom. The Morgan fingerprint density at radius 3 is 2.88 bits per heavy atom. The zero-order chi connectivity index (χ0) is 12.5. The zero-order valence-corrected chi connectivity index (χ0v) is 10.4. The number of carboxylic acid groups (broad SMARTS) is 1. The number of carboxylic acids is 1. The number of rotatable bonds is 3. The van der Waals surface area contributed by atoms with E-state index in [-0.39, 0.29) is 0 Å². The van der Waals surface area contributed by atoms with Gasteiger partial charge in [-0.05, 0) is 38.6 Å². The fraction of sp³-hybridized carbons (Fsp3) is 0.917. The van der Waals surface area contributed by atoms with Gasteiger partial charge in [-0.3, -0.25) is 9.69 Å². The van der Waals surface area contributed by atoms with Crippen molar-refractivity contribution >= 4 is 5.97 Å². The maximum Gasteiger partial charge on any atom is 0.323 e. The molecular formula is C12H22N2O3. The van der Waals surface area contributed by atoms with Crippen molar-refractivity contribution in [3.63, 3.8) is 0 Å². The molecule has 17 heavy (non-hydrogen) atoms. The lowest BCUT2D eigenvalue weighted by Crippen LogP contribution is -2.49. The van der Waals surface area contributed by atoms with E-state index in [1.165, 1.54) is 0 Å². The first-order valence-corrected chi connectivity index (χ1v) is 6.34. The third-order valence-corrected chi connectivity index (χ3v) is 4.21. The summed E-state index contributed by atoms with van der Waals surface area (Å²) in [5.74, 6) is -0.861. The number of nitrogens with two attached hydrogens (primary N) is 1. The van der Waals surface area contributed by atoms with E-state index in [0.29, 0.717) is 25.0 Å². The Labute approximate surface area is 102 Å². The second-order valence-corrected chi connectivity index (χ2v) is 5.35. The van der Waals surface area contributed by atoms with Crippen molar-refractivity contribution in [2.75, 3.05) is 20.2 Å². The molecular weight excluding hydrogens is 220 g/mol. The van der Waals surface area contributed by atoms with Crippen LogP contribution in [0.2, 0.25) is 0 Å². The van der Waals surface area contributed by atoms with Crippen LogP contribution in [0.15, 0.2) is 0 Å². The van der Waals surface area contributed by atoms with Crippen LogP contribution in [0.5, 0.6) is 0 Å². The number of piperidine rings is 1. The van der Waals surface area contributed by atoms with Gasteiger partial charge in [0.05, 0.1) is 6.10 Å². The molecule has 98 valence electrons. The predicted molar refractivity (Wildman–Crippen MR) is 63.8 cm³/mol. The molecule has 0 spiro atoms. The molecule has 2 fully saturated rings. The van der Waals surface area contributed by atoms with Crippen LogP contribution in [0.1, 0.15) is 32.1 Å². The van der Waals surface area contributed by atoms with Crippen molar-refractivity contribution in [3.8, 4) is 0 Å². The van der Waals surface area contributed by atoms with Gasteiger partial charge in [-0.2, -0.15) is 0 Å². The van der Waals surface area contributed by atoms with Gasteiger partial charge in [0.2, 0.25) is 0 Å². The molecule has 1 saturated carbocycles. The van der Waals surface area contributed by atoms with E-state index in [0.717, 1.165) is 32.4 Å². The average molecular weight is 242 g/mol. The first kappa shape index (κ1) is 12.8. The second kappa shape index (κ2) is 4.92. The van der Waals surface area contributed by atoms with E-state index >= 15 is 0 Å². The lowest BCUT2D eigenvalue weighted by atomic mass is 9.98. The maximum atomic E-state index is 11.1. The first-order chi connectivity index (χ1) is 8.05. The van der Waals surface area contributed by atoms with Crippen LogP contribution in [0.4, 0.5) is 0 Å². The third kappa shape index (κ3) is 2.61. The highest BCUT2D eigenvalue weighted by Crippen LogP contribution is 2.33. The summed E-state index contributed by atoms with van der Waals surface area (Å²) in [5.41, 5.74) is 4.90. The van der Waals surface area contributed by atoms with Gasteiger partial charge in [0.15, 0.2) is 0 Å². The highest BCUT2D eigenvalue weighted by molar-refractivity contribution is 5.79. The van der Waals surface area contributed by atoms with E-state index in [2.05, 4.69) is 4.90 Å². The molecule has 0 amide bonds. The number of aliphatic carboxylic acids is 1. The van der Waals surface area contributed by atoms with Gasteiger partial charge in [0, 0.05) is 19.7 Å². The van der Waals surface area contributed by atoms with E-state index in [1.54, 1.807) is 7.11 Å². The number of likely N-dealkylation sites (tertiary alicyclic amines) is 1. The minimum absolute atomic E-state index is 0.293. The predicted octanol–water partition coefficient (Wildman–Crippen LogP) is 0.432. The number of methoxy groups -OCH3 is 1. The smallest absolute Gasteiger partial charge is 0.323 e. The molecule has 1 saturated heterocycles. The van der Waals surface area contributed by atoms with Gasteiger partial charge in [-0.15, -0.1) is 0 Å². The van der Waals surface area contributed by atoms with Crippen molar-refractivity contribution in [2.24, 2.45) is 5.73 Å². The number of hydrogen-bond acceptors (Lipinski definition) is 4. The van der Waals surface area contributed by atoms with Crippen LogP contribution in [0.25, 0.3) is 0 Å². The lowest BCUT2D eigenvalue weighted by molar-refractivity contribution is -0.143. The summed E-state index contributed by atoms with van der Waals surface area (Å²) >= 11 is 0. The summed E-state index contributed by atoms with van der Waals surface area (Å²) in [4.78, 5) is 13.5. The summed E-state index contributed by atoms with van der Waals surface area (Å²) < 4.78 is 5.39. The molecule has 0 aromatic carbocycles. The molecule has 0 aromatic heterocycles. The summed E-state index contributed by atoms with van der Waals surface area (Å²) in [6.45, 7) is 1.96. The quantitative estimate of drug-likeness (QED) is 0.750. The maximum absolute atomic E-state index is 11.1. The van der Waals surface area contributed by atoms with Crippen LogP contribution in [-0.4, -0.2) is 53.9 Å². The molecule has 0 radical (unpaired) electrons. The molecule has 1 aliphatic heterocycles. The zero-order valence-electron chi connectivity index (χ0n) is 10.4. The summed E-state index contributed by atoms with van der Waals surface area (Å²) in [5, 5.41) is 9.12. The van der Waals surface area contributed by atoms with Crippen LogP contribution < -0.4 is 5.73 Å². The number of hydrogen-bond donors (Lipinski definition) is 2. The van der Waals surface area contributed by atoms with Gasteiger partial charge in [0.1, 0.15) is 5.54 Å². The number of nitrogens with zero attached hydrogens (tertiary/aromatic N) is 1. The normalized spacial score (nSPS) is 39.4. The molecule has 2 rings (SSSR count). The molecule has 3 atom stereocenters. The van der Waals surface area contributed by atoms with Crippen LogP contribution in [-0.2, 0) is 9.53 Å². The van der Waals surface area contributed by atoms with Crippen LogP contribution in [0.3, 0.4) is 0 Å². The standard InChI is InChI=1S/C12H22N2O3/c1-17-10-3-2-6-14(8-10)9-4-5-12(13,7-9)11(15)16/h9-10H,2-8,13H2,1H3,(H,15,16). The van der Waals surface area contributed by atoms with Gasteiger partial charge in [-0.1, -0.05) is 0 Å². The highest BCUT2D eigenvalue weighted by atomic mass is 16.5. The Morgan fingerprint density at radius 2 is 2.29 bits per heavy atom. The van der Waals surface area contributed by atoms with E-state index in [1.807, 2.05) is 0 Å². The van der Waals surface area contributed by atoms with Crippen molar-refractivity contribution in [1.29, 1.82) is 0 Å². The number of ether oxygens (including phenoxy) is 1. The largest absolute Gasteiger partial charge is 0.480 e. The average Bonchev–Trinajstić information content (AvgIpc) is 2.74. The summed E-state index contributed by atoms with van der Waals surface area (Å²) in [6.07, 6.45) is 4.56. The molecule has 2 aliphatic rings. The molecule has 3 N–H and O–H groups in total. The third-order valence-electron chi connectivity index (χ3n) is 4.21. The molecule has 5 nitrogen and oxygen atoms in total. The Bertz CT molecular complexity index is 297. The van der Waals surface area contributed by atoms with E-state index in [9.17, 15) is 4.79 Å². The Hall–Kier alpha value is -0.650. The van der Waals surface area contributed by atoms with Crippen LogP contribution in [0, 0.1) is 0 Å². The lowest BCUT2D eigenvalue weighted by Gasteiger charge is -2.36.